The molecule has 0 aromatic heterocycles. The van der Waals surface area contributed by atoms with Gasteiger partial charge in [-0.05, 0) is 24.3 Å². The molecule has 4 nitrogen and oxygen atoms in total. The molecule has 19 heavy (non-hydrogen) atoms. The molecule has 0 spiro atoms. The van der Waals surface area contributed by atoms with Gasteiger partial charge in [-0.3, -0.25) is 4.72 Å². The number of halogens is 2. The monoisotopic (exact) mass is 317 g/mol. The predicted octanol–water partition coefficient (Wildman–Crippen LogP) is 3.50. The van der Waals surface area contributed by atoms with Gasteiger partial charge in [0.15, 0.2) is 0 Å². The fourth-order valence-electron chi connectivity index (χ4n) is 1.51. The Kier molecular flexibility index (Phi) is 3.89. The van der Waals surface area contributed by atoms with Crippen LogP contribution in [0.25, 0.3) is 0 Å². The third-order valence-electron chi connectivity index (χ3n) is 2.29. The Bertz CT molecular complexity index is 696. The number of sulfonamides is 1. The van der Waals surface area contributed by atoms with Gasteiger partial charge in [-0.1, -0.05) is 35.3 Å². The van der Waals surface area contributed by atoms with Crippen LogP contribution in [0.2, 0.25) is 10.0 Å². The Hall–Kier alpha value is -1.43. The summed E-state index contributed by atoms with van der Waals surface area (Å²) in [6, 6.07) is 10.2. The standard InChI is InChI=1S/C12H9Cl2NO3S/c13-10-5-2-6-11(14)12(10)19(17,18)15-8-3-1-4-9(16)7-8/h1-7,15-16H. The molecular weight excluding hydrogens is 309 g/mol. The van der Waals surface area contributed by atoms with E-state index in [1.165, 1.54) is 36.4 Å². The normalized spacial score (nSPS) is 11.3. The van der Waals surface area contributed by atoms with Gasteiger partial charge in [0.2, 0.25) is 0 Å². The van der Waals surface area contributed by atoms with Crippen molar-refractivity contribution in [3.8, 4) is 5.75 Å². The van der Waals surface area contributed by atoms with Crippen LogP contribution in [0, 0.1) is 0 Å². The average molecular weight is 318 g/mol. The molecule has 2 N–H and O–H groups in total. The van der Waals surface area contributed by atoms with E-state index in [0.29, 0.717) is 0 Å². The Morgan fingerprint density at radius 3 is 2.16 bits per heavy atom. The predicted molar refractivity (Wildman–Crippen MR) is 75.4 cm³/mol. The molecule has 0 fully saturated rings. The van der Waals surface area contributed by atoms with Crippen LogP contribution < -0.4 is 4.72 Å². The number of benzene rings is 2. The molecule has 2 rings (SSSR count). The van der Waals surface area contributed by atoms with E-state index in [-0.39, 0.29) is 26.4 Å². The molecule has 0 bridgehead atoms. The Morgan fingerprint density at radius 2 is 1.58 bits per heavy atom. The van der Waals surface area contributed by atoms with Crippen molar-refractivity contribution in [2.45, 2.75) is 4.90 Å². The van der Waals surface area contributed by atoms with Gasteiger partial charge in [-0.15, -0.1) is 0 Å². The number of hydrogen-bond donors (Lipinski definition) is 2. The number of rotatable bonds is 3. The number of anilines is 1. The second-order valence-corrected chi connectivity index (χ2v) is 6.14. The largest absolute Gasteiger partial charge is 0.508 e. The minimum atomic E-state index is -3.92. The van der Waals surface area contributed by atoms with E-state index in [1.807, 2.05) is 0 Å². The number of phenols is 1. The van der Waals surface area contributed by atoms with Crippen molar-refractivity contribution in [3.05, 3.63) is 52.5 Å². The van der Waals surface area contributed by atoms with Gasteiger partial charge >= 0.3 is 0 Å². The molecule has 0 radical (unpaired) electrons. The van der Waals surface area contributed by atoms with Crippen LogP contribution in [-0.2, 0) is 10.0 Å². The molecule has 0 unspecified atom stereocenters. The minimum absolute atomic E-state index is 0.0279. The van der Waals surface area contributed by atoms with E-state index in [0.717, 1.165) is 0 Å². The summed E-state index contributed by atoms with van der Waals surface area (Å²) in [6.45, 7) is 0. The van der Waals surface area contributed by atoms with Gasteiger partial charge in [-0.2, -0.15) is 0 Å². The van der Waals surface area contributed by atoms with Crippen LogP contribution in [0.1, 0.15) is 0 Å². The zero-order valence-corrected chi connectivity index (χ0v) is 11.8. The summed E-state index contributed by atoms with van der Waals surface area (Å²) >= 11 is 11.7. The van der Waals surface area contributed by atoms with Gasteiger partial charge in [0.1, 0.15) is 10.6 Å². The first kappa shape index (κ1) is 14.0. The lowest BCUT2D eigenvalue weighted by molar-refractivity contribution is 0.475. The number of nitrogens with one attached hydrogen (secondary N) is 1. The molecule has 0 amide bonds. The highest BCUT2D eigenvalue weighted by atomic mass is 35.5. The minimum Gasteiger partial charge on any atom is -0.508 e. The highest BCUT2D eigenvalue weighted by Crippen LogP contribution is 2.30. The summed E-state index contributed by atoms with van der Waals surface area (Å²) < 4.78 is 26.7. The van der Waals surface area contributed by atoms with Crippen LogP contribution in [0.4, 0.5) is 5.69 Å². The first-order valence-corrected chi connectivity index (χ1v) is 7.40. The van der Waals surface area contributed by atoms with Crippen LogP contribution in [0.3, 0.4) is 0 Å². The summed E-state index contributed by atoms with van der Waals surface area (Å²) in [4.78, 5) is -0.193. The molecule has 0 aliphatic carbocycles. The van der Waals surface area contributed by atoms with E-state index < -0.39 is 10.0 Å². The Morgan fingerprint density at radius 1 is 1.00 bits per heavy atom. The summed E-state index contributed by atoms with van der Waals surface area (Å²) in [5.74, 6) is -0.0505. The van der Waals surface area contributed by atoms with Crippen LogP contribution >= 0.6 is 23.2 Å². The highest BCUT2D eigenvalue weighted by molar-refractivity contribution is 7.93. The molecule has 0 atom stereocenters. The molecule has 7 heteroatoms. The molecule has 100 valence electrons. The molecule has 2 aromatic carbocycles. The second-order valence-electron chi connectivity index (χ2n) is 3.71. The van der Waals surface area contributed by atoms with Gasteiger partial charge in [0.05, 0.1) is 15.7 Å². The zero-order chi connectivity index (χ0) is 14.0. The summed E-state index contributed by atoms with van der Waals surface area (Å²) in [7, 11) is -3.92. The molecule has 2 aromatic rings. The van der Waals surface area contributed by atoms with Crippen molar-refractivity contribution in [3.63, 3.8) is 0 Å². The third-order valence-corrected chi connectivity index (χ3v) is 4.62. The smallest absolute Gasteiger partial charge is 0.264 e. The van der Waals surface area contributed by atoms with Gasteiger partial charge in [0, 0.05) is 6.07 Å². The van der Waals surface area contributed by atoms with E-state index in [1.54, 1.807) is 6.07 Å². The SMILES string of the molecule is O=S(=O)(Nc1cccc(O)c1)c1c(Cl)cccc1Cl. The number of aromatic hydroxyl groups is 1. The van der Waals surface area contributed by atoms with Crippen molar-refractivity contribution in [1.82, 2.24) is 0 Å². The van der Waals surface area contributed by atoms with E-state index in [2.05, 4.69) is 4.72 Å². The first-order valence-electron chi connectivity index (χ1n) is 5.16. The lowest BCUT2D eigenvalue weighted by Gasteiger charge is -2.11. The fraction of sp³-hybridized carbons (Fsp3) is 0. The van der Waals surface area contributed by atoms with Crippen LogP contribution in [0.5, 0.6) is 5.75 Å². The van der Waals surface area contributed by atoms with Gasteiger partial charge in [0.25, 0.3) is 10.0 Å². The van der Waals surface area contributed by atoms with E-state index in [9.17, 15) is 13.5 Å². The summed E-state index contributed by atoms with van der Waals surface area (Å²) in [5, 5.41) is 9.36. The van der Waals surface area contributed by atoms with Crippen molar-refractivity contribution in [1.29, 1.82) is 0 Å². The number of phenolic OH excluding ortho intramolecular Hbond substituents is 1. The van der Waals surface area contributed by atoms with E-state index in [4.69, 9.17) is 23.2 Å². The highest BCUT2D eigenvalue weighted by Gasteiger charge is 2.21. The molecule has 0 heterocycles. The summed E-state index contributed by atoms with van der Waals surface area (Å²) in [5.41, 5.74) is 0.219. The van der Waals surface area contributed by atoms with Gasteiger partial charge < -0.3 is 5.11 Å². The lowest BCUT2D eigenvalue weighted by Crippen LogP contribution is -2.13. The molecule has 0 aliphatic rings. The Balaban J connectivity index is 2.44. The third kappa shape index (κ3) is 3.12. The second kappa shape index (κ2) is 5.28. The zero-order valence-electron chi connectivity index (χ0n) is 9.47. The van der Waals surface area contributed by atoms with Crippen molar-refractivity contribution >= 4 is 38.9 Å². The fourth-order valence-corrected chi connectivity index (χ4v) is 3.71. The lowest BCUT2D eigenvalue weighted by atomic mass is 10.3. The van der Waals surface area contributed by atoms with Crippen molar-refractivity contribution in [2.24, 2.45) is 0 Å². The maximum atomic E-state index is 12.2. The van der Waals surface area contributed by atoms with E-state index >= 15 is 0 Å². The maximum absolute atomic E-state index is 12.2. The average Bonchev–Trinajstić information content (AvgIpc) is 2.27. The van der Waals surface area contributed by atoms with Crippen molar-refractivity contribution in [2.75, 3.05) is 4.72 Å². The summed E-state index contributed by atoms with van der Waals surface area (Å²) in [6.07, 6.45) is 0. The van der Waals surface area contributed by atoms with Crippen LogP contribution in [0.15, 0.2) is 47.4 Å². The topological polar surface area (TPSA) is 66.4 Å². The molecular formula is C12H9Cl2NO3S. The maximum Gasteiger partial charge on any atom is 0.264 e. The molecule has 0 aliphatic heterocycles. The quantitative estimate of drug-likeness (QED) is 0.910. The number of hydrogen-bond acceptors (Lipinski definition) is 3. The molecule has 0 saturated heterocycles. The molecule has 0 saturated carbocycles. The Labute approximate surface area is 120 Å². The van der Waals surface area contributed by atoms with Crippen LogP contribution in [-0.4, -0.2) is 13.5 Å². The van der Waals surface area contributed by atoms with Gasteiger partial charge in [-0.25, -0.2) is 8.42 Å². The van der Waals surface area contributed by atoms with Crippen molar-refractivity contribution < 1.29 is 13.5 Å². The first-order chi connectivity index (χ1) is 8.90.